The SMILES string of the molecule is Cc1nsc(Oc2ccc(C34CC(C(F)(F)[C@](O)(Cn5cnnn5)c5ccc(F)cc5F)(C3)C4)cc2)n1. The first-order valence-corrected chi connectivity index (χ1v) is 12.2. The molecule has 3 fully saturated rings. The second-order valence-corrected chi connectivity index (χ2v) is 10.6. The van der Waals surface area contributed by atoms with Crippen molar-refractivity contribution in [1.82, 2.24) is 29.6 Å². The second-order valence-electron chi connectivity index (χ2n) is 9.89. The molecule has 0 radical (unpaired) electrons. The smallest absolute Gasteiger partial charge is 0.298 e. The zero-order chi connectivity index (χ0) is 26.1. The van der Waals surface area contributed by atoms with Gasteiger partial charge in [0.2, 0.25) is 0 Å². The van der Waals surface area contributed by atoms with Gasteiger partial charge in [-0.05, 0) is 71.9 Å². The monoisotopic (exact) mass is 532 g/mol. The molecule has 2 heterocycles. The summed E-state index contributed by atoms with van der Waals surface area (Å²) in [5, 5.41) is 22.3. The highest BCUT2D eigenvalue weighted by Crippen LogP contribution is 2.80. The normalized spacial score (nSPS) is 24.2. The highest BCUT2D eigenvalue weighted by atomic mass is 32.1. The van der Waals surface area contributed by atoms with Gasteiger partial charge in [0.15, 0.2) is 5.60 Å². The van der Waals surface area contributed by atoms with Gasteiger partial charge in [-0.15, -0.1) is 5.10 Å². The molecule has 2 bridgehead atoms. The van der Waals surface area contributed by atoms with Crippen LogP contribution in [0.4, 0.5) is 17.6 Å². The summed E-state index contributed by atoms with van der Waals surface area (Å²) in [7, 11) is 0. The van der Waals surface area contributed by atoms with Crippen LogP contribution in [0.15, 0.2) is 48.8 Å². The lowest BCUT2D eigenvalue weighted by Crippen LogP contribution is -2.76. The van der Waals surface area contributed by atoms with Gasteiger partial charge in [-0.3, -0.25) is 0 Å². The predicted octanol–water partition coefficient (Wildman–Crippen LogP) is 4.55. The number of alkyl halides is 2. The van der Waals surface area contributed by atoms with Gasteiger partial charge in [0.05, 0.1) is 6.54 Å². The summed E-state index contributed by atoms with van der Waals surface area (Å²) in [5.41, 5.74) is -4.87. The molecule has 0 amide bonds. The maximum atomic E-state index is 16.3. The molecule has 37 heavy (non-hydrogen) atoms. The Morgan fingerprint density at radius 3 is 2.43 bits per heavy atom. The molecule has 2 aromatic heterocycles. The first kappa shape index (κ1) is 23.9. The number of ether oxygens (including phenoxy) is 1. The topological polar surface area (TPSA) is 98.8 Å². The standard InChI is InChI=1S/C24H20F4N6O2S/c1-14-30-20(37-31-14)36-17-5-2-15(3-6-17)21-9-22(10-21,11-21)24(27,28)23(35,12-34-13-29-32-33-34)18-7-4-16(25)8-19(18)26/h2-8,13,35H,9-12H2,1H3/t21?,22?,23-/m0/s1. The molecule has 8 nitrogen and oxygen atoms in total. The molecular weight excluding hydrogens is 512 g/mol. The van der Waals surface area contributed by atoms with Gasteiger partial charge in [-0.2, -0.15) is 9.36 Å². The lowest BCUT2D eigenvalue weighted by Gasteiger charge is -2.74. The summed E-state index contributed by atoms with van der Waals surface area (Å²) in [4.78, 5) is 4.15. The molecular formula is C24H20F4N6O2S. The molecule has 4 aromatic rings. The third-order valence-electron chi connectivity index (χ3n) is 7.56. The summed E-state index contributed by atoms with van der Waals surface area (Å²) >= 11 is 1.13. The Hall–Kier alpha value is -3.45. The Kier molecular flexibility index (Phi) is 5.19. The number of aliphatic hydroxyl groups is 1. The first-order valence-electron chi connectivity index (χ1n) is 11.4. The van der Waals surface area contributed by atoms with E-state index in [9.17, 15) is 13.9 Å². The minimum absolute atomic E-state index is 0.101. The van der Waals surface area contributed by atoms with Crippen molar-refractivity contribution < 1.29 is 27.4 Å². The fourth-order valence-corrected chi connectivity index (χ4v) is 6.39. The van der Waals surface area contributed by atoms with E-state index >= 15 is 8.78 Å². The van der Waals surface area contributed by atoms with E-state index in [2.05, 4.69) is 24.9 Å². The summed E-state index contributed by atoms with van der Waals surface area (Å²) in [6.45, 7) is 0.955. The van der Waals surface area contributed by atoms with Gasteiger partial charge in [0.25, 0.3) is 11.1 Å². The minimum atomic E-state index is -3.77. The molecule has 3 aliphatic rings. The van der Waals surface area contributed by atoms with E-state index in [4.69, 9.17) is 4.74 Å². The highest BCUT2D eigenvalue weighted by molar-refractivity contribution is 7.07. The van der Waals surface area contributed by atoms with Crippen LogP contribution in [0.5, 0.6) is 10.9 Å². The van der Waals surface area contributed by atoms with Crippen LogP contribution < -0.4 is 4.74 Å². The number of hydrogen-bond acceptors (Lipinski definition) is 8. The predicted molar refractivity (Wildman–Crippen MR) is 122 cm³/mol. The molecule has 3 aliphatic carbocycles. The molecule has 192 valence electrons. The van der Waals surface area contributed by atoms with E-state index in [1.165, 1.54) is 0 Å². The zero-order valence-electron chi connectivity index (χ0n) is 19.4. The fourth-order valence-electron chi connectivity index (χ4n) is 5.83. The maximum Gasteiger partial charge on any atom is 0.298 e. The van der Waals surface area contributed by atoms with Gasteiger partial charge < -0.3 is 9.84 Å². The Morgan fingerprint density at radius 1 is 1.11 bits per heavy atom. The number of benzene rings is 2. The molecule has 7 rings (SSSR count). The van der Waals surface area contributed by atoms with Crippen molar-refractivity contribution in [2.75, 3.05) is 0 Å². The van der Waals surface area contributed by atoms with Crippen LogP contribution in [0.25, 0.3) is 0 Å². The van der Waals surface area contributed by atoms with Gasteiger partial charge in [-0.1, -0.05) is 12.1 Å². The molecule has 1 N–H and O–H groups in total. The zero-order valence-corrected chi connectivity index (χ0v) is 20.2. The number of rotatable bonds is 8. The number of nitrogens with zero attached hydrogens (tertiary/aromatic N) is 6. The van der Waals surface area contributed by atoms with Crippen molar-refractivity contribution >= 4 is 11.5 Å². The van der Waals surface area contributed by atoms with Crippen LogP contribution >= 0.6 is 11.5 Å². The van der Waals surface area contributed by atoms with Crippen molar-refractivity contribution in [3.05, 3.63) is 77.4 Å². The molecule has 3 saturated carbocycles. The largest absolute Gasteiger partial charge is 0.430 e. The van der Waals surface area contributed by atoms with Crippen LogP contribution in [-0.2, 0) is 17.6 Å². The Bertz CT molecular complexity index is 1440. The van der Waals surface area contributed by atoms with E-state index in [1.54, 1.807) is 19.1 Å². The van der Waals surface area contributed by atoms with Gasteiger partial charge in [-0.25, -0.2) is 22.2 Å². The number of aromatic nitrogens is 6. The Labute approximate surface area is 212 Å². The van der Waals surface area contributed by atoms with E-state index in [-0.39, 0.29) is 19.3 Å². The van der Waals surface area contributed by atoms with E-state index < -0.39 is 46.1 Å². The van der Waals surface area contributed by atoms with Crippen molar-refractivity contribution in [3.8, 4) is 10.9 Å². The van der Waals surface area contributed by atoms with Crippen LogP contribution in [-0.4, -0.2) is 40.6 Å². The fraction of sp³-hybridized carbons (Fsp3) is 0.375. The maximum absolute atomic E-state index is 16.3. The molecule has 0 saturated heterocycles. The molecule has 1 atom stereocenters. The Morgan fingerprint density at radius 2 is 1.84 bits per heavy atom. The minimum Gasteiger partial charge on any atom is -0.430 e. The Balaban J connectivity index is 1.25. The lowest BCUT2D eigenvalue weighted by molar-refractivity contribution is -0.347. The van der Waals surface area contributed by atoms with E-state index in [0.717, 1.165) is 40.2 Å². The molecule has 0 aliphatic heterocycles. The number of hydrogen-bond donors (Lipinski definition) is 1. The van der Waals surface area contributed by atoms with Gasteiger partial charge in [0, 0.05) is 28.6 Å². The quantitative estimate of drug-likeness (QED) is 0.333. The lowest BCUT2D eigenvalue weighted by atomic mass is 9.30. The number of tetrazole rings is 1. The summed E-state index contributed by atoms with van der Waals surface area (Å²) in [6.07, 6.45) is 1.36. The van der Waals surface area contributed by atoms with E-state index in [1.807, 2.05) is 12.1 Å². The molecule has 2 aromatic carbocycles. The second kappa shape index (κ2) is 8.02. The van der Waals surface area contributed by atoms with Gasteiger partial charge in [0.1, 0.15) is 29.5 Å². The van der Waals surface area contributed by atoms with Crippen molar-refractivity contribution in [2.45, 2.75) is 49.7 Å². The third-order valence-corrected chi connectivity index (χ3v) is 8.24. The molecule has 13 heteroatoms. The number of aryl methyl sites for hydroxylation is 1. The number of halogens is 4. The summed E-state index contributed by atoms with van der Waals surface area (Å²) in [6, 6.07) is 9.33. The molecule has 0 spiro atoms. The summed E-state index contributed by atoms with van der Waals surface area (Å²) < 4.78 is 71.5. The van der Waals surface area contributed by atoms with E-state index in [0.29, 0.717) is 22.8 Å². The van der Waals surface area contributed by atoms with Crippen LogP contribution in [0.1, 0.15) is 36.2 Å². The third kappa shape index (κ3) is 3.55. The van der Waals surface area contributed by atoms with Crippen molar-refractivity contribution in [2.24, 2.45) is 5.41 Å². The summed E-state index contributed by atoms with van der Waals surface area (Å²) in [5.74, 6) is -4.82. The van der Waals surface area contributed by atoms with Crippen molar-refractivity contribution in [3.63, 3.8) is 0 Å². The van der Waals surface area contributed by atoms with Crippen LogP contribution in [0, 0.1) is 24.0 Å². The average Bonchev–Trinajstić information content (AvgIpc) is 3.44. The van der Waals surface area contributed by atoms with Crippen LogP contribution in [0.3, 0.4) is 0 Å². The highest BCUT2D eigenvalue weighted by Gasteiger charge is 2.82. The molecule has 0 unspecified atom stereocenters. The van der Waals surface area contributed by atoms with Crippen molar-refractivity contribution in [1.29, 1.82) is 0 Å². The first-order chi connectivity index (χ1) is 17.6. The van der Waals surface area contributed by atoms with Gasteiger partial charge >= 0.3 is 0 Å². The average molecular weight is 533 g/mol. The van der Waals surface area contributed by atoms with Crippen LogP contribution in [0.2, 0.25) is 0 Å².